The first-order valence-corrected chi connectivity index (χ1v) is 11.9. The molecular weight excluding hydrogens is 360 g/mol. The highest BCUT2D eigenvalue weighted by Crippen LogP contribution is 2.17. The third-order valence-corrected chi connectivity index (χ3v) is 7.82. The molecule has 0 aliphatic carbocycles. The molecule has 142 valence electrons. The van der Waals surface area contributed by atoms with Crippen LogP contribution >= 0.6 is 0 Å². The maximum absolute atomic E-state index is 12.4. The lowest BCUT2D eigenvalue weighted by molar-refractivity contribution is 0.423. The Bertz CT molecular complexity index is 748. The van der Waals surface area contributed by atoms with Crippen LogP contribution in [0.4, 0.5) is 0 Å². The van der Waals surface area contributed by atoms with E-state index in [1.165, 1.54) is 4.31 Å². The van der Waals surface area contributed by atoms with Gasteiger partial charge in [0, 0.05) is 19.6 Å². The van der Waals surface area contributed by atoms with E-state index in [-0.39, 0.29) is 17.2 Å². The van der Waals surface area contributed by atoms with E-state index in [4.69, 9.17) is 0 Å². The summed E-state index contributed by atoms with van der Waals surface area (Å²) in [5, 5.41) is 0. The molecule has 1 heterocycles. The predicted octanol–water partition coefficient (Wildman–Crippen LogP) is 2.29. The maximum Gasteiger partial charge on any atom is 0.240 e. The van der Waals surface area contributed by atoms with Crippen LogP contribution in [-0.2, 0) is 20.0 Å². The third-order valence-electron chi connectivity index (χ3n) is 4.47. The van der Waals surface area contributed by atoms with Crippen LogP contribution in [0.5, 0.6) is 0 Å². The third kappa shape index (κ3) is 5.77. The second-order valence-electron chi connectivity index (χ2n) is 6.75. The lowest BCUT2D eigenvalue weighted by Crippen LogP contribution is -2.38. The van der Waals surface area contributed by atoms with Gasteiger partial charge in [0.15, 0.2) is 0 Å². The lowest BCUT2D eigenvalue weighted by Gasteiger charge is -2.19. The highest BCUT2D eigenvalue weighted by Gasteiger charge is 2.23. The molecule has 1 aliphatic heterocycles. The molecule has 1 fully saturated rings. The standard InChI is InChI=1S/C17H28N2O4S2/c1-15(2)16-7-9-17(10-8-16)25(22,23)18-11-14-24(20,21)19-12-5-3-4-6-13-19/h7-10,15,18H,3-6,11-14H2,1-2H3. The average molecular weight is 389 g/mol. The molecule has 1 aliphatic rings. The summed E-state index contributed by atoms with van der Waals surface area (Å²) in [4.78, 5) is 0.157. The van der Waals surface area contributed by atoms with Gasteiger partial charge in [-0.3, -0.25) is 0 Å². The van der Waals surface area contributed by atoms with Gasteiger partial charge in [-0.25, -0.2) is 25.9 Å². The Morgan fingerprint density at radius 2 is 1.52 bits per heavy atom. The van der Waals surface area contributed by atoms with Crippen molar-refractivity contribution >= 4 is 20.0 Å². The molecule has 2 rings (SSSR count). The number of benzene rings is 1. The maximum atomic E-state index is 12.4. The summed E-state index contributed by atoms with van der Waals surface area (Å²) in [6.45, 7) is 5.02. The van der Waals surface area contributed by atoms with E-state index in [0.717, 1.165) is 31.2 Å². The van der Waals surface area contributed by atoms with Crippen molar-refractivity contribution in [2.45, 2.75) is 50.3 Å². The van der Waals surface area contributed by atoms with Crippen LogP contribution in [0, 0.1) is 0 Å². The molecule has 8 heteroatoms. The van der Waals surface area contributed by atoms with Crippen molar-refractivity contribution in [2.24, 2.45) is 0 Å². The van der Waals surface area contributed by atoms with Gasteiger partial charge >= 0.3 is 0 Å². The van der Waals surface area contributed by atoms with Crippen molar-refractivity contribution in [1.29, 1.82) is 0 Å². The van der Waals surface area contributed by atoms with Gasteiger partial charge in [0.1, 0.15) is 0 Å². The summed E-state index contributed by atoms with van der Waals surface area (Å²) in [5.41, 5.74) is 1.06. The number of nitrogens with zero attached hydrogens (tertiary/aromatic N) is 1. The molecule has 0 amide bonds. The number of rotatable bonds is 7. The number of nitrogens with one attached hydrogen (secondary N) is 1. The van der Waals surface area contributed by atoms with E-state index in [9.17, 15) is 16.8 Å². The fourth-order valence-electron chi connectivity index (χ4n) is 2.87. The monoisotopic (exact) mass is 388 g/mol. The molecule has 1 saturated heterocycles. The topological polar surface area (TPSA) is 83.5 Å². The highest BCUT2D eigenvalue weighted by atomic mass is 32.2. The zero-order chi connectivity index (χ0) is 18.5. The van der Waals surface area contributed by atoms with Crippen molar-refractivity contribution in [2.75, 3.05) is 25.4 Å². The second kappa shape index (κ2) is 8.62. The molecule has 0 radical (unpaired) electrons. The van der Waals surface area contributed by atoms with Crippen LogP contribution < -0.4 is 4.72 Å². The Hall–Kier alpha value is -0.960. The summed E-state index contributed by atoms with van der Waals surface area (Å²) in [6.07, 6.45) is 3.83. The van der Waals surface area contributed by atoms with Gasteiger partial charge in [-0.2, -0.15) is 0 Å². The average Bonchev–Trinajstić information content (AvgIpc) is 2.84. The molecule has 0 spiro atoms. The summed E-state index contributed by atoms with van der Waals surface area (Å²) in [6, 6.07) is 6.68. The van der Waals surface area contributed by atoms with Crippen LogP contribution in [-0.4, -0.2) is 46.5 Å². The van der Waals surface area contributed by atoms with Crippen molar-refractivity contribution in [3.05, 3.63) is 29.8 Å². The van der Waals surface area contributed by atoms with E-state index < -0.39 is 20.0 Å². The van der Waals surface area contributed by atoms with Crippen LogP contribution in [0.1, 0.15) is 51.0 Å². The molecule has 25 heavy (non-hydrogen) atoms. The molecule has 6 nitrogen and oxygen atoms in total. The number of hydrogen-bond acceptors (Lipinski definition) is 4. The molecule has 1 aromatic carbocycles. The van der Waals surface area contributed by atoms with Crippen molar-refractivity contribution in [3.63, 3.8) is 0 Å². The molecular formula is C17H28N2O4S2. The largest absolute Gasteiger partial charge is 0.240 e. The first-order valence-electron chi connectivity index (χ1n) is 8.80. The van der Waals surface area contributed by atoms with E-state index in [1.54, 1.807) is 24.3 Å². The number of sulfonamides is 2. The molecule has 1 aromatic rings. The van der Waals surface area contributed by atoms with Gasteiger partial charge in [0.25, 0.3) is 0 Å². The molecule has 1 N–H and O–H groups in total. The summed E-state index contributed by atoms with van der Waals surface area (Å²) in [7, 11) is -7.12. The van der Waals surface area contributed by atoms with Gasteiger partial charge in [-0.1, -0.05) is 38.8 Å². The van der Waals surface area contributed by atoms with Gasteiger partial charge in [-0.05, 0) is 36.5 Å². The van der Waals surface area contributed by atoms with Crippen LogP contribution in [0.3, 0.4) is 0 Å². The molecule has 0 unspecified atom stereocenters. The second-order valence-corrected chi connectivity index (χ2v) is 10.6. The molecule has 0 bridgehead atoms. The van der Waals surface area contributed by atoms with E-state index in [1.807, 2.05) is 13.8 Å². The lowest BCUT2D eigenvalue weighted by atomic mass is 10.0. The normalized spacial score (nSPS) is 17.6. The molecule has 0 atom stereocenters. The van der Waals surface area contributed by atoms with Gasteiger partial charge in [-0.15, -0.1) is 0 Å². The Balaban J connectivity index is 1.95. The van der Waals surface area contributed by atoms with Crippen LogP contribution in [0.25, 0.3) is 0 Å². The molecule has 0 saturated carbocycles. The van der Waals surface area contributed by atoms with E-state index in [0.29, 0.717) is 19.0 Å². The van der Waals surface area contributed by atoms with Gasteiger partial charge < -0.3 is 0 Å². The minimum absolute atomic E-state index is 0.118. The number of hydrogen-bond donors (Lipinski definition) is 1. The predicted molar refractivity (Wildman–Crippen MR) is 99.5 cm³/mol. The Kier molecular flexibility index (Phi) is 7.01. The van der Waals surface area contributed by atoms with Gasteiger partial charge in [0.05, 0.1) is 10.6 Å². The van der Waals surface area contributed by atoms with Crippen molar-refractivity contribution in [3.8, 4) is 0 Å². The quantitative estimate of drug-likeness (QED) is 0.777. The fraction of sp³-hybridized carbons (Fsp3) is 0.647. The minimum atomic E-state index is -3.70. The van der Waals surface area contributed by atoms with Gasteiger partial charge in [0.2, 0.25) is 20.0 Å². The van der Waals surface area contributed by atoms with Crippen molar-refractivity contribution in [1.82, 2.24) is 9.03 Å². The first-order chi connectivity index (χ1) is 11.7. The van der Waals surface area contributed by atoms with Crippen molar-refractivity contribution < 1.29 is 16.8 Å². The minimum Gasteiger partial charge on any atom is -0.212 e. The van der Waals surface area contributed by atoms with Crippen LogP contribution in [0.2, 0.25) is 0 Å². The highest BCUT2D eigenvalue weighted by molar-refractivity contribution is 7.90. The Morgan fingerprint density at radius 3 is 2.04 bits per heavy atom. The SMILES string of the molecule is CC(C)c1ccc(S(=O)(=O)NCCS(=O)(=O)N2CCCCCC2)cc1. The zero-order valence-corrected chi connectivity index (χ0v) is 16.6. The van der Waals surface area contributed by atoms with E-state index in [2.05, 4.69) is 4.72 Å². The van der Waals surface area contributed by atoms with E-state index >= 15 is 0 Å². The Morgan fingerprint density at radius 1 is 0.960 bits per heavy atom. The smallest absolute Gasteiger partial charge is 0.212 e. The first kappa shape index (κ1) is 20.4. The fourth-order valence-corrected chi connectivity index (χ4v) is 5.46. The summed E-state index contributed by atoms with van der Waals surface area (Å²) >= 11 is 0. The zero-order valence-electron chi connectivity index (χ0n) is 14.9. The summed E-state index contributed by atoms with van der Waals surface area (Å²) in [5.74, 6) is 0.111. The Labute approximate surface area is 151 Å². The van der Waals surface area contributed by atoms with Crippen LogP contribution in [0.15, 0.2) is 29.2 Å². The molecule has 0 aromatic heterocycles. The summed E-state index contributed by atoms with van der Waals surface area (Å²) < 4.78 is 53.3.